The molecule has 3 rings (SSSR count). The molecule has 7 heteroatoms. The molecule has 0 aliphatic carbocycles. The number of ether oxygens (including phenoxy) is 2. The number of furan rings is 1. The number of methoxy groups -OCH3 is 2. The van der Waals surface area contributed by atoms with Crippen molar-refractivity contribution in [1.82, 2.24) is 9.88 Å². The van der Waals surface area contributed by atoms with Gasteiger partial charge in [-0.05, 0) is 37.3 Å². The topological polar surface area (TPSA) is 64.8 Å². The Morgan fingerprint density at radius 1 is 1.29 bits per heavy atom. The van der Waals surface area contributed by atoms with E-state index in [1.165, 1.54) is 11.3 Å². The van der Waals surface area contributed by atoms with Crippen molar-refractivity contribution in [3.63, 3.8) is 0 Å². The lowest BCUT2D eigenvalue weighted by molar-refractivity contribution is 0.0759. The zero-order chi connectivity index (χ0) is 20.1. The summed E-state index contributed by atoms with van der Waals surface area (Å²) < 4.78 is 16.0. The van der Waals surface area contributed by atoms with Crippen molar-refractivity contribution in [1.29, 1.82) is 0 Å². The zero-order valence-corrected chi connectivity index (χ0v) is 16.7. The lowest BCUT2D eigenvalue weighted by Gasteiger charge is -2.18. The lowest BCUT2D eigenvalue weighted by Crippen LogP contribution is -2.30. The van der Waals surface area contributed by atoms with Crippen molar-refractivity contribution in [2.24, 2.45) is 0 Å². The molecule has 28 heavy (non-hydrogen) atoms. The van der Waals surface area contributed by atoms with Crippen LogP contribution < -0.4 is 9.47 Å². The number of carbonyl (C=O) groups is 1. The van der Waals surface area contributed by atoms with Crippen molar-refractivity contribution in [2.75, 3.05) is 20.8 Å². The summed E-state index contributed by atoms with van der Waals surface area (Å²) in [5.41, 5.74) is 1.50. The van der Waals surface area contributed by atoms with Gasteiger partial charge in [0.05, 0.1) is 39.3 Å². The molecular weight excluding hydrogens is 376 g/mol. The molecule has 0 fully saturated rings. The van der Waals surface area contributed by atoms with Gasteiger partial charge in [0, 0.05) is 5.56 Å². The third-order valence-corrected chi connectivity index (χ3v) is 5.31. The molecule has 3 aromatic rings. The molecule has 0 saturated heterocycles. The van der Waals surface area contributed by atoms with E-state index >= 15 is 0 Å². The van der Waals surface area contributed by atoms with Crippen LogP contribution in [0.2, 0.25) is 0 Å². The quantitative estimate of drug-likeness (QED) is 0.565. The lowest BCUT2D eigenvalue weighted by atomic mass is 10.2. The third-order valence-electron chi connectivity index (χ3n) is 4.12. The van der Waals surface area contributed by atoms with E-state index in [1.807, 2.05) is 31.2 Å². The fourth-order valence-corrected chi connectivity index (χ4v) is 3.76. The van der Waals surface area contributed by atoms with Gasteiger partial charge in [-0.25, -0.2) is 4.98 Å². The molecule has 1 aromatic carbocycles. The molecule has 2 aromatic heterocycles. The van der Waals surface area contributed by atoms with E-state index in [4.69, 9.17) is 20.3 Å². The predicted molar refractivity (Wildman–Crippen MR) is 108 cm³/mol. The van der Waals surface area contributed by atoms with Crippen LogP contribution in [0.1, 0.15) is 21.1 Å². The minimum Gasteiger partial charge on any atom is -0.493 e. The van der Waals surface area contributed by atoms with Gasteiger partial charge in [-0.15, -0.1) is 17.8 Å². The molecule has 6 nitrogen and oxygen atoms in total. The summed E-state index contributed by atoms with van der Waals surface area (Å²) in [6.07, 6.45) is 7.03. The van der Waals surface area contributed by atoms with E-state index in [1.54, 1.807) is 31.4 Å². The van der Waals surface area contributed by atoms with E-state index in [0.29, 0.717) is 34.4 Å². The van der Waals surface area contributed by atoms with Gasteiger partial charge >= 0.3 is 0 Å². The Bertz CT molecular complexity index is 1000. The monoisotopic (exact) mass is 396 g/mol. The Morgan fingerprint density at radius 3 is 2.71 bits per heavy atom. The van der Waals surface area contributed by atoms with Crippen LogP contribution in [0.4, 0.5) is 0 Å². The summed E-state index contributed by atoms with van der Waals surface area (Å²) >= 11 is 1.32. The highest BCUT2D eigenvalue weighted by atomic mass is 32.1. The number of benzene rings is 1. The number of thiazole rings is 1. The fraction of sp³-hybridized carbons (Fsp3) is 0.238. The highest BCUT2D eigenvalue weighted by Gasteiger charge is 2.23. The van der Waals surface area contributed by atoms with E-state index in [9.17, 15) is 4.79 Å². The van der Waals surface area contributed by atoms with Crippen molar-refractivity contribution in [2.45, 2.75) is 13.5 Å². The van der Waals surface area contributed by atoms with Gasteiger partial charge in [0.15, 0.2) is 11.5 Å². The van der Waals surface area contributed by atoms with Crippen LogP contribution in [0.3, 0.4) is 0 Å². The van der Waals surface area contributed by atoms with Gasteiger partial charge in [0.25, 0.3) is 5.91 Å². The van der Waals surface area contributed by atoms with Crippen molar-refractivity contribution >= 4 is 17.2 Å². The minimum absolute atomic E-state index is 0.170. The number of aryl methyl sites for hydroxylation is 1. The average molecular weight is 396 g/mol. The highest BCUT2D eigenvalue weighted by Crippen LogP contribution is 2.35. The normalized spacial score (nSPS) is 10.4. The van der Waals surface area contributed by atoms with Gasteiger partial charge in [-0.1, -0.05) is 5.92 Å². The first kappa shape index (κ1) is 19.5. The standard InChI is InChI=1S/C21H20N2O4S/c1-5-10-23(13-16-7-6-11-27-16)21(24)19-14(2)22-20(28-19)15-8-9-17(25-3)18(12-15)26-4/h1,6-9,11-12H,10,13H2,2-4H3. The summed E-state index contributed by atoms with van der Waals surface area (Å²) in [5, 5.41) is 0.723. The molecule has 0 saturated carbocycles. The molecule has 0 aliphatic heterocycles. The molecule has 0 atom stereocenters. The molecule has 144 valence electrons. The Hall–Kier alpha value is -3.24. The average Bonchev–Trinajstić information content (AvgIpc) is 3.36. The summed E-state index contributed by atoms with van der Waals surface area (Å²) in [6.45, 7) is 2.30. The number of hydrogen-bond donors (Lipinski definition) is 0. The molecule has 0 unspecified atom stereocenters. The van der Waals surface area contributed by atoms with Crippen LogP contribution in [0.25, 0.3) is 10.6 Å². The maximum atomic E-state index is 13.1. The van der Waals surface area contributed by atoms with Crippen LogP contribution in [-0.2, 0) is 6.54 Å². The zero-order valence-electron chi connectivity index (χ0n) is 15.9. The van der Waals surface area contributed by atoms with Gasteiger partial charge < -0.3 is 18.8 Å². The van der Waals surface area contributed by atoms with Crippen molar-refractivity contribution in [3.05, 3.63) is 52.9 Å². The number of terminal acetylenes is 1. The highest BCUT2D eigenvalue weighted by molar-refractivity contribution is 7.17. The molecule has 2 heterocycles. The minimum atomic E-state index is -0.170. The first-order valence-corrected chi connectivity index (χ1v) is 9.34. The van der Waals surface area contributed by atoms with Crippen LogP contribution in [0.15, 0.2) is 41.0 Å². The van der Waals surface area contributed by atoms with Gasteiger partial charge in [-0.3, -0.25) is 4.79 Å². The van der Waals surface area contributed by atoms with Gasteiger partial charge in [0.1, 0.15) is 15.6 Å². The number of aromatic nitrogens is 1. The van der Waals surface area contributed by atoms with Crippen LogP contribution in [-0.4, -0.2) is 36.6 Å². The van der Waals surface area contributed by atoms with Crippen molar-refractivity contribution in [3.8, 4) is 34.4 Å². The second-order valence-corrected chi connectivity index (χ2v) is 6.95. The maximum absolute atomic E-state index is 13.1. The predicted octanol–water partition coefficient (Wildman–Crippen LogP) is 4.00. The Labute approximate surface area is 167 Å². The third kappa shape index (κ3) is 4.02. The Morgan fingerprint density at radius 2 is 2.07 bits per heavy atom. The van der Waals surface area contributed by atoms with E-state index in [-0.39, 0.29) is 12.5 Å². The smallest absolute Gasteiger partial charge is 0.267 e. The molecular formula is C21H20N2O4S. The molecule has 1 amide bonds. The van der Waals surface area contributed by atoms with E-state index in [0.717, 1.165) is 10.6 Å². The molecule has 0 aliphatic rings. The molecule has 0 N–H and O–H groups in total. The Balaban J connectivity index is 1.90. The van der Waals surface area contributed by atoms with Gasteiger partial charge in [-0.2, -0.15) is 0 Å². The number of rotatable bonds is 7. The first-order chi connectivity index (χ1) is 13.6. The van der Waals surface area contributed by atoms with Crippen molar-refractivity contribution < 1.29 is 18.7 Å². The number of amides is 1. The van der Waals surface area contributed by atoms with Crippen LogP contribution in [0, 0.1) is 19.3 Å². The number of nitrogens with zero attached hydrogens (tertiary/aromatic N) is 2. The largest absolute Gasteiger partial charge is 0.493 e. The number of carbonyl (C=O) groups excluding carboxylic acids is 1. The number of hydrogen-bond acceptors (Lipinski definition) is 6. The fourth-order valence-electron chi connectivity index (χ4n) is 2.73. The second-order valence-electron chi connectivity index (χ2n) is 5.95. The van der Waals surface area contributed by atoms with Crippen LogP contribution in [0.5, 0.6) is 11.5 Å². The SMILES string of the molecule is C#CCN(Cc1ccco1)C(=O)c1sc(-c2ccc(OC)c(OC)c2)nc1C. The summed E-state index contributed by atoms with van der Waals surface area (Å²) in [6, 6.07) is 9.13. The summed E-state index contributed by atoms with van der Waals surface area (Å²) in [5.74, 6) is 4.27. The van der Waals surface area contributed by atoms with E-state index in [2.05, 4.69) is 10.9 Å². The van der Waals surface area contributed by atoms with Gasteiger partial charge in [0.2, 0.25) is 0 Å². The summed E-state index contributed by atoms with van der Waals surface area (Å²) in [4.78, 5) is 19.8. The maximum Gasteiger partial charge on any atom is 0.267 e. The molecule has 0 spiro atoms. The molecule has 0 radical (unpaired) electrons. The van der Waals surface area contributed by atoms with E-state index < -0.39 is 0 Å². The molecule has 0 bridgehead atoms. The second kappa shape index (κ2) is 8.63. The van der Waals surface area contributed by atoms with Crippen LogP contribution >= 0.6 is 11.3 Å². The Kier molecular flexibility index (Phi) is 6.02. The summed E-state index contributed by atoms with van der Waals surface area (Å²) in [7, 11) is 3.16. The first-order valence-electron chi connectivity index (χ1n) is 8.52.